The number of ether oxygens (including phenoxy) is 1. The summed E-state index contributed by atoms with van der Waals surface area (Å²) < 4.78 is 5.79. The fourth-order valence-electron chi connectivity index (χ4n) is 2.19. The van der Waals surface area contributed by atoms with Crippen LogP contribution >= 0.6 is 27.7 Å². The first kappa shape index (κ1) is 18.5. The number of benzene rings is 2. The molecule has 0 aliphatic rings. The highest BCUT2D eigenvalue weighted by Gasteiger charge is 2.19. The summed E-state index contributed by atoms with van der Waals surface area (Å²) in [7, 11) is 2.99. The molecule has 1 amide bonds. The Morgan fingerprint density at radius 2 is 1.92 bits per heavy atom. The third kappa shape index (κ3) is 4.39. The first-order valence-corrected chi connectivity index (χ1v) is 9.04. The Hall–Kier alpha value is -1.79. The number of thioether (sulfide) groups is 1. The Balaban J connectivity index is 2.11. The SMILES string of the molecule is COC(=O)c1ccccc1N(C)C(=O)CSc1ccc(Br)cc1C. The molecule has 2 aromatic carbocycles. The van der Waals surface area contributed by atoms with Gasteiger partial charge in [0.25, 0.3) is 0 Å². The molecule has 0 saturated heterocycles. The van der Waals surface area contributed by atoms with Gasteiger partial charge in [-0.05, 0) is 42.8 Å². The van der Waals surface area contributed by atoms with Crippen molar-refractivity contribution >= 4 is 45.3 Å². The van der Waals surface area contributed by atoms with Crippen molar-refractivity contribution in [2.24, 2.45) is 0 Å². The van der Waals surface area contributed by atoms with Crippen molar-refractivity contribution in [1.29, 1.82) is 0 Å². The maximum atomic E-state index is 12.5. The number of hydrogen-bond donors (Lipinski definition) is 0. The van der Waals surface area contributed by atoms with Crippen LogP contribution in [0.25, 0.3) is 0 Å². The number of para-hydroxylation sites is 1. The predicted octanol–water partition coefficient (Wildman–Crippen LogP) is 4.30. The molecule has 0 atom stereocenters. The van der Waals surface area contributed by atoms with Crippen molar-refractivity contribution in [1.82, 2.24) is 0 Å². The first-order valence-electron chi connectivity index (χ1n) is 7.27. The molecule has 0 aliphatic heterocycles. The van der Waals surface area contributed by atoms with E-state index in [4.69, 9.17) is 4.74 Å². The van der Waals surface area contributed by atoms with Gasteiger partial charge in [0.15, 0.2) is 0 Å². The number of hydrogen-bond acceptors (Lipinski definition) is 4. The molecule has 0 bridgehead atoms. The van der Waals surface area contributed by atoms with Gasteiger partial charge in [0.2, 0.25) is 5.91 Å². The fourth-order valence-corrected chi connectivity index (χ4v) is 3.59. The summed E-state index contributed by atoms with van der Waals surface area (Å²) in [6.07, 6.45) is 0. The van der Waals surface area contributed by atoms with Crippen LogP contribution in [0, 0.1) is 6.92 Å². The van der Waals surface area contributed by atoms with E-state index in [-0.39, 0.29) is 11.7 Å². The molecule has 6 heteroatoms. The summed E-state index contributed by atoms with van der Waals surface area (Å²) >= 11 is 4.91. The van der Waals surface area contributed by atoms with Gasteiger partial charge in [-0.1, -0.05) is 28.1 Å². The quantitative estimate of drug-likeness (QED) is 0.547. The Morgan fingerprint density at radius 1 is 1.21 bits per heavy atom. The molecule has 0 aromatic heterocycles. The molecule has 24 heavy (non-hydrogen) atoms. The van der Waals surface area contributed by atoms with E-state index in [1.54, 1.807) is 31.3 Å². The summed E-state index contributed by atoms with van der Waals surface area (Å²) in [5, 5.41) is 0. The molecule has 0 spiro atoms. The average Bonchev–Trinajstić information content (AvgIpc) is 2.59. The molecule has 2 rings (SSSR count). The van der Waals surface area contributed by atoms with E-state index in [9.17, 15) is 9.59 Å². The van der Waals surface area contributed by atoms with Crippen molar-refractivity contribution in [3.63, 3.8) is 0 Å². The second kappa shape index (κ2) is 8.35. The third-order valence-electron chi connectivity index (χ3n) is 3.53. The summed E-state index contributed by atoms with van der Waals surface area (Å²) in [6.45, 7) is 2.01. The van der Waals surface area contributed by atoms with Gasteiger partial charge < -0.3 is 9.64 Å². The van der Waals surface area contributed by atoms with E-state index in [1.807, 2.05) is 25.1 Å². The van der Waals surface area contributed by atoms with Gasteiger partial charge in [0, 0.05) is 16.4 Å². The maximum absolute atomic E-state index is 12.5. The number of methoxy groups -OCH3 is 1. The number of carbonyl (C=O) groups excluding carboxylic acids is 2. The lowest BCUT2D eigenvalue weighted by atomic mass is 10.1. The van der Waals surface area contributed by atoms with Crippen molar-refractivity contribution in [2.75, 3.05) is 24.8 Å². The largest absolute Gasteiger partial charge is 0.465 e. The monoisotopic (exact) mass is 407 g/mol. The van der Waals surface area contributed by atoms with Crippen LogP contribution in [0.3, 0.4) is 0 Å². The zero-order chi connectivity index (χ0) is 17.7. The maximum Gasteiger partial charge on any atom is 0.339 e. The van der Waals surface area contributed by atoms with Crippen LogP contribution in [0.15, 0.2) is 51.8 Å². The van der Waals surface area contributed by atoms with Crippen LogP contribution < -0.4 is 4.90 Å². The number of esters is 1. The zero-order valence-corrected chi connectivity index (χ0v) is 16.1. The van der Waals surface area contributed by atoms with Crippen LogP contribution in [0.4, 0.5) is 5.69 Å². The molecule has 0 heterocycles. The van der Waals surface area contributed by atoms with Gasteiger partial charge in [-0.25, -0.2) is 4.79 Å². The number of rotatable bonds is 5. The van der Waals surface area contributed by atoms with Gasteiger partial charge in [-0.3, -0.25) is 4.79 Å². The van der Waals surface area contributed by atoms with E-state index in [1.165, 1.54) is 23.8 Å². The molecule has 0 N–H and O–H groups in total. The van der Waals surface area contributed by atoms with Crippen molar-refractivity contribution in [3.05, 3.63) is 58.1 Å². The third-order valence-corrected chi connectivity index (χ3v) is 5.19. The molecule has 0 fully saturated rings. The molecule has 4 nitrogen and oxygen atoms in total. The Labute approximate surface area is 154 Å². The zero-order valence-electron chi connectivity index (χ0n) is 13.7. The molecular weight excluding hydrogens is 390 g/mol. The number of halogens is 1. The normalized spacial score (nSPS) is 10.3. The number of nitrogens with zero attached hydrogens (tertiary/aromatic N) is 1. The van der Waals surface area contributed by atoms with Crippen LogP contribution in [-0.4, -0.2) is 31.8 Å². The van der Waals surface area contributed by atoms with E-state index in [2.05, 4.69) is 15.9 Å². The average molecular weight is 408 g/mol. The number of amides is 1. The second-order valence-corrected chi connectivity index (χ2v) is 7.09. The van der Waals surface area contributed by atoms with Gasteiger partial charge >= 0.3 is 5.97 Å². The lowest BCUT2D eigenvalue weighted by Gasteiger charge is -2.20. The molecule has 126 valence electrons. The predicted molar refractivity (Wildman–Crippen MR) is 101 cm³/mol. The summed E-state index contributed by atoms with van der Waals surface area (Å²) in [5.41, 5.74) is 2.03. The first-order chi connectivity index (χ1) is 11.4. The Bertz CT molecular complexity index is 764. The van der Waals surface area contributed by atoms with E-state index >= 15 is 0 Å². The van der Waals surface area contributed by atoms with Crippen LogP contribution in [0.5, 0.6) is 0 Å². The summed E-state index contributed by atoms with van der Waals surface area (Å²) in [5.74, 6) is -0.255. The van der Waals surface area contributed by atoms with Gasteiger partial charge in [-0.15, -0.1) is 11.8 Å². The summed E-state index contributed by atoms with van der Waals surface area (Å²) in [6, 6.07) is 12.9. The Kier molecular flexibility index (Phi) is 6.45. The van der Waals surface area contributed by atoms with Gasteiger partial charge in [0.1, 0.15) is 0 Å². The van der Waals surface area contributed by atoms with Crippen LogP contribution in [0.2, 0.25) is 0 Å². The highest BCUT2D eigenvalue weighted by atomic mass is 79.9. The number of carbonyl (C=O) groups is 2. The minimum absolute atomic E-state index is 0.0846. The molecule has 0 aliphatic carbocycles. The van der Waals surface area contributed by atoms with Crippen molar-refractivity contribution in [2.45, 2.75) is 11.8 Å². The second-order valence-electron chi connectivity index (χ2n) is 5.16. The van der Waals surface area contributed by atoms with Crippen molar-refractivity contribution < 1.29 is 14.3 Å². The highest BCUT2D eigenvalue weighted by Crippen LogP contribution is 2.27. The molecule has 0 radical (unpaired) electrons. The number of anilines is 1. The fraction of sp³-hybridized carbons (Fsp3) is 0.222. The number of aryl methyl sites for hydroxylation is 1. The molecular formula is C18H18BrNO3S. The van der Waals surface area contributed by atoms with E-state index in [0.29, 0.717) is 11.3 Å². The smallest absolute Gasteiger partial charge is 0.339 e. The standard InChI is InChI=1S/C18H18BrNO3S/c1-12-10-13(19)8-9-16(12)24-11-17(21)20(2)15-7-5-4-6-14(15)18(22)23-3/h4-10H,11H2,1-3H3. The van der Waals surface area contributed by atoms with E-state index < -0.39 is 5.97 Å². The molecule has 2 aromatic rings. The molecule has 0 saturated carbocycles. The van der Waals surface area contributed by atoms with E-state index in [0.717, 1.165) is 14.9 Å². The lowest BCUT2D eigenvalue weighted by molar-refractivity contribution is -0.115. The Morgan fingerprint density at radius 3 is 2.58 bits per heavy atom. The van der Waals surface area contributed by atoms with Crippen LogP contribution in [0.1, 0.15) is 15.9 Å². The highest BCUT2D eigenvalue weighted by molar-refractivity contribution is 9.10. The van der Waals surface area contributed by atoms with Crippen LogP contribution in [-0.2, 0) is 9.53 Å². The minimum Gasteiger partial charge on any atom is -0.465 e. The van der Waals surface area contributed by atoms with Gasteiger partial charge in [-0.2, -0.15) is 0 Å². The van der Waals surface area contributed by atoms with Gasteiger partial charge in [0.05, 0.1) is 24.1 Å². The van der Waals surface area contributed by atoms with Crippen molar-refractivity contribution in [3.8, 4) is 0 Å². The minimum atomic E-state index is -0.457. The lowest BCUT2D eigenvalue weighted by Crippen LogP contribution is -2.29. The summed E-state index contributed by atoms with van der Waals surface area (Å²) in [4.78, 5) is 26.9. The topological polar surface area (TPSA) is 46.6 Å². The molecule has 0 unspecified atom stereocenters.